The molecule has 0 saturated carbocycles. The molecule has 0 unspecified atom stereocenters. The molecule has 0 aromatic rings. The summed E-state index contributed by atoms with van der Waals surface area (Å²) in [5.41, 5.74) is 0. The van der Waals surface area contributed by atoms with E-state index in [1.165, 1.54) is 0 Å². The average Bonchev–Trinajstić information content (AvgIpc) is 1.83. The second-order valence-electron chi connectivity index (χ2n) is 1.22. The molecule has 3 heteroatoms. The Labute approximate surface area is 49.5 Å². The van der Waals surface area contributed by atoms with E-state index < -0.39 is 0 Å². The molecule has 0 aliphatic heterocycles. The van der Waals surface area contributed by atoms with E-state index in [1.54, 1.807) is 0 Å². The molecule has 0 saturated heterocycles. The number of aliphatic hydroxyl groups is 1. The van der Waals surface area contributed by atoms with Crippen molar-refractivity contribution in [2.75, 3.05) is 13.2 Å². The molecule has 0 bridgehead atoms. The zero-order valence-electron chi connectivity index (χ0n) is 5.55. The third kappa shape index (κ3) is 3.36. The number of amides is 1. The second kappa shape index (κ2) is 4.33. The zero-order valence-corrected chi connectivity index (χ0v) is 4.55. The van der Waals surface area contributed by atoms with Crippen LogP contribution in [0.15, 0.2) is 12.7 Å². The third-order valence-corrected chi connectivity index (χ3v) is 0.596. The molecule has 2 N–H and O–H groups in total. The Bertz CT molecular complexity index is 95.0. The molecule has 3 nitrogen and oxygen atoms in total. The van der Waals surface area contributed by atoms with Gasteiger partial charge < -0.3 is 10.4 Å². The minimum atomic E-state index is -0.251. The van der Waals surface area contributed by atoms with Crippen molar-refractivity contribution >= 4 is 5.91 Å². The van der Waals surface area contributed by atoms with Crippen LogP contribution in [0.4, 0.5) is 0 Å². The summed E-state index contributed by atoms with van der Waals surface area (Å²) in [4.78, 5) is 10.2. The lowest BCUT2D eigenvalue weighted by Crippen LogP contribution is -2.23. The minimum absolute atomic E-state index is 0. The standard InChI is InChI=1S/C5H9NO2/c1-2-5(8)6-3-4-7/h2,7H,1,3-4H2,(H,6,8)/p+1. The van der Waals surface area contributed by atoms with Gasteiger partial charge in [0.25, 0.3) is 0 Å². The fourth-order valence-electron chi connectivity index (χ4n) is 0.251. The highest BCUT2D eigenvalue weighted by Crippen LogP contribution is 1.62. The molecule has 0 rings (SSSR count). The SMILES string of the molecule is C=CC(=O)NCCO.[H+]. The molecule has 0 aromatic heterocycles. The lowest BCUT2D eigenvalue weighted by molar-refractivity contribution is -0.116. The quantitative estimate of drug-likeness (QED) is 0.483. The molecular weight excluding hydrogens is 106 g/mol. The van der Waals surface area contributed by atoms with Crippen LogP contribution in [-0.4, -0.2) is 24.2 Å². The Morgan fingerprint density at radius 3 is 3.00 bits per heavy atom. The van der Waals surface area contributed by atoms with E-state index in [0.29, 0.717) is 6.54 Å². The van der Waals surface area contributed by atoms with Crippen LogP contribution < -0.4 is 5.32 Å². The van der Waals surface area contributed by atoms with Gasteiger partial charge in [-0.05, 0) is 6.08 Å². The predicted molar refractivity (Wildman–Crippen MR) is 31.4 cm³/mol. The number of hydrogen-bond acceptors (Lipinski definition) is 2. The Balaban J connectivity index is 0. The van der Waals surface area contributed by atoms with Gasteiger partial charge in [0, 0.05) is 6.54 Å². The van der Waals surface area contributed by atoms with Gasteiger partial charge in [-0.15, -0.1) is 0 Å². The lowest BCUT2D eigenvalue weighted by atomic mass is 10.5. The summed E-state index contributed by atoms with van der Waals surface area (Å²) in [5.74, 6) is -0.251. The first-order valence-electron chi connectivity index (χ1n) is 2.32. The van der Waals surface area contributed by atoms with Gasteiger partial charge in [0.05, 0.1) is 6.61 Å². The molecule has 0 heterocycles. The summed E-state index contributed by atoms with van der Waals surface area (Å²) in [5, 5.41) is 10.5. The normalized spacial score (nSPS) is 8.12. The Morgan fingerprint density at radius 2 is 2.62 bits per heavy atom. The van der Waals surface area contributed by atoms with Crippen LogP contribution >= 0.6 is 0 Å². The molecule has 1 amide bonds. The van der Waals surface area contributed by atoms with Crippen molar-refractivity contribution < 1.29 is 11.3 Å². The van der Waals surface area contributed by atoms with E-state index in [9.17, 15) is 4.79 Å². The molecule has 0 radical (unpaired) electrons. The molecule has 0 atom stereocenters. The molecule has 46 valence electrons. The molecule has 0 spiro atoms. The number of aliphatic hydroxyl groups excluding tert-OH is 1. The van der Waals surface area contributed by atoms with Crippen LogP contribution in [0.2, 0.25) is 0 Å². The fourth-order valence-corrected chi connectivity index (χ4v) is 0.251. The van der Waals surface area contributed by atoms with Crippen molar-refractivity contribution in [2.45, 2.75) is 0 Å². The summed E-state index contributed by atoms with van der Waals surface area (Å²) in [6.45, 7) is 3.49. The van der Waals surface area contributed by atoms with E-state index in [1.807, 2.05) is 0 Å². The van der Waals surface area contributed by atoms with E-state index in [-0.39, 0.29) is 13.9 Å². The summed E-state index contributed by atoms with van der Waals surface area (Å²) in [6.07, 6.45) is 1.16. The molecule has 0 fully saturated rings. The van der Waals surface area contributed by atoms with Crippen LogP contribution in [0.5, 0.6) is 0 Å². The molecular formula is C5H10NO2+. The van der Waals surface area contributed by atoms with Crippen LogP contribution in [0, 0.1) is 0 Å². The monoisotopic (exact) mass is 116 g/mol. The van der Waals surface area contributed by atoms with Gasteiger partial charge in [-0.3, -0.25) is 4.79 Å². The number of rotatable bonds is 3. The van der Waals surface area contributed by atoms with Crippen molar-refractivity contribution in [3.05, 3.63) is 12.7 Å². The largest absolute Gasteiger partial charge is 1.00 e. The van der Waals surface area contributed by atoms with Crippen molar-refractivity contribution in [2.24, 2.45) is 0 Å². The minimum Gasteiger partial charge on any atom is -0.395 e. The molecule has 0 aliphatic carbocycles. The van der Waals surface area contributed by atoms with Gasteiger partial charge in [-0.25, -0.2) is 0 Å². The third-order valence-electron chi connectivity index (χ3n) is 0.596. The Morgan fingerprint density at radius 1 is 2.00 bits per heavy atom. The highest BCUT2D eigenvalue weighted by molar-refractivity contribution is 5.86. The Hall–Kier alpha value is -0.830. The van der Waals surface area contributed by atoms with Gasteiger partial charge in [0.2, 0.25) is 5.91 Å². The smallest absolute Gasteiger partial charge is 0.395 e. The van der Waals surface area contributed by atoms with E-state index >= 15 is 0 Å². The molecule has 0 aliphatic rings. The predicted octanol–water partition coefficient (Wildman–Crippen LogP) is -0.607. The van der Waals surface area contributed by atoms with Crippen molar-refractivity contribution in [3.63, 3.8) is 0 Å². The van der Waals surface area contributed by atoms with Gasteiger partial charge in [0.1, 0.15) is 0 Å². The van der Waals surface area contributed by atoms with Crippen molar-refractivity contribution in [1.29, 1.82) is 0 Å². The van der Waals surface area contributed by atoms with E-state index in [2.05, 4.69) is 11.9 Å². The van der Waals surface area contributed by atoms with Crippen LogP contribution in [-0.2, 0) is 4.79 Å². The first-order chi connectivity index (χ1) is 3.81. The number of carbonyl (C=O) groups excluding carboxylic acids is 1. The highest BCUT2D eigenvalue weighted by atomic mass is 16.3. The van der Waals surface area contributed by atoms with Crippen molar-refractivity contribution in [3.8, 4) is 0 Å². The van der Waals surface area contributed by atoms with Gasteiger partial charge >= 0.3 is 1.43 Å². The molecule has 8 heavy (non-hydrogen) atoms. The summed E-state index contributed by atoms with van der Waals surface area (Å²) >= 11 is 0. The van der Waals surface area contributed by atoms with Gasteiger partial charge in [-0.2, -0.15) is 0 Å². The zero-order chi connectivity index (χ0) is 6.41. The van der Waals surface area contributed by atoms with Crippen LogP contribution in [0.1, 0.15) is 1.43 Å². The first-order valence-corrected chi connectivity index (χ1v) is 2.32. The second-order valence-corrected chi connectivity index (χ2v) is 1.22. The number of carbonyl (C=O) groups is 1. The fraction of sp³-hybridized carbons (Fsp3) is 0.400. The highest BCUT2D eigenvalue weighted by Gasteiger charge is 1.87. The van der Waals surface area contributed by atoms with E-state index in [0.717, 1.165) is 6.08 Å². The summed E-state index contributed by atoms with van der Waals surface area (Å²) in [6, 6.07) is 0. The number of hydrogen-bond donors (Lipinski definition) is 2. The van der Waals surface area contributed by atoms with E-state index in [4.69, 9.17) is 5.11 Å². The molecule has 0 aromatic carbocycles. The number of nitrogens with one attached hydrogen (secondary N) is 1. The van der Waals surface area contributed by atoms with Crippen LogP contribution in [0.25, 0.3) is 0 Å². The maximum absolute atomic E-state index is 10.2. The summed E-state index contributed by atoms with van der Waals surface area (Å²) < 4.78 is 0. The van der Waals surface area contributed by atoms with Gasteiger partial charge in [0.15, 0.2) is 0 Å². The van der Waals surface area contributed by atoms with Gasteiger partial charge in [-0.1, -0.05) is 6.58 Å². The lowest BCUT2D eigenvalue weighted by Gasteiger charge is -1.94. The Kier molecular flexibility index (Phi) is 3.88. The topological polar surface area (TPSA) is 49.3 Å². The first kappa shape index (κ1) is 7.17. The average molecular weight is 116 g/mol. The van der Waals surface area contributed by atoms with Crippen LogP contribution in [0.3, 0.4) is 0 Å². The maximum atomic E-state index is 10.2. The maximum Gasteiger partial charge on any atom is 1.00 e. The summed E-state index contributed by atoms with van der Waals surface area (Å²) in [7, 11) is 0. The van der Waals surface area contributed by atoms with Crippen molar-refractivity contribution in [1.82, 2.24) is 5.32 Å².